The first-order chi connectivity index (χ1) is 16.9. The molecule has 1 amide bonds. The molecule has 2 aliphatic rings. The van der Waals surface area contributed by atoms with Crippen molar-refractivity contribution in [2.24, 2.45) is 4.99 Å². The number of nitrogens with zero attached hydrogens (tertiary/aromatic N) is 5. The van der Waals surface area contributed by atoms with Crippen molar-refractivity contribution in [1.29, 1.82) is 0 Å². The number of imidazole rings is 1. The van der Waals surface area contributed by atoms with Crippen LogP contribution in [0.25, 0.3) is 11.3 Å². The van der Waals surface area contributed by atoms with Crippen LogP contribution in [0.4, 0.5) is 11.5 Å². The number of piperazine rings is 1. The van der Waals surface area contributed by atoms with Gasteiger partial charge in [-0.1, -0.05) is 48.5 Å². The van der Waals surface area contributed by atoms with Crippen LogP contribution in [0.3, 0.4) is 0 Å². The first kappa shape index (κ1) is 23.1. The van der Waals surface area contributed by atoms with Crippen LogP contribution in [0.5, 0.6) is 0 Å². The van der Waals surface area contributed by atoms with Gasteiger partial charge in [0.1, 0.15) is 17.6 Å². The Hall–Kier alpha value is -3.61. The van der Waals surface area contributed by atoms with Crippen molar-refractivity contribution in [3.63, 3.8) is 0 Å². The fourth-order valence-electron chi connectivity index (χ4n) is 5.29. The van der Waals surface area contributed by atoms with E-state index < -0.39 is 0 Å². The molecule has 1 fully saturated rings. The van der Waals surface area contributed by atoms with Gasteiger partial charge in [0.25, 0.3) is 0 Å². The Morgan fingerprint density at radius 2 is 1.69 bits per heavy atom. The standard InChI is InChI=1S/C28H34N6O/c1-19-9-8-10-20(2)26(19)32-13-15-33(16-14-32)28(35)22(4)30-27-25(23-11-6-5-7-12-23)31-24-18-29-17-21(3)34(24)27/h5-12,18,21-22,30H,13-17H2,1-4H3. The van der Waals surface area contributed by atoms with E-state index in [0.29, 0.717) is 6.54 Å². The van der Waals surface area contributed by atoms with E-state index in [1.807, 2.05) is 36.2 Å². The van der Waals surface area contributed by atoms with E-state index in [2.05, 4.69) is 70.9 Å². The van der Waals surface area contributed by atoms with Gasteiger partial charge in [-0.3, -0.25) is 9.79 Å². The first-order valence-electron chi connectivity index (χ1n) is 12.5. The number of carbonyl (C=O) groups is 1. The molecule has 2 unspecified atom stereocenters. The Kier molecular flexibility index (Phi) is 6.32. The second kappa shape index (κ2) is 9.56. The Morgan fingerprint density at radius 3 is 2.37 bits per heavy atom. The van der Waals surface area contributed by atoms with E-state index in [4.69, 9.17) is 4.98 Å². The number of hydrogen-bond acceptors (Lipinski definition) is 5. The molecule has 2 aromatic carbocycles. The summed E-state index contributed by atoms with van der Waals surface area (Å²) in [5.41, 5.74) is 5.77. The number of nitrogens with one attached hydrogen (secondary N) is 1. The minimum absolute atomic E-state index is 0.123. The van der Waals surface area contributed by atoms with E-state index in [0.717, 1.165) is 49.1 Å². The van der Waals surface area contributed by atoms with Crippen LogP contribution in [-0.4, -0.2) is 65.3 Å². The van der Waals surface area contributed by atoms with Gasteiger partial charge < -0.3 is 19.7 Å². The van der Waals surface area contributed by atoms with Gasteiger partial charge in [0.05, 0.1) is 18.8 Å². The Labute approximate surface area is 207 Å². The molecule has 7 heteroatoms. The van der Waals surface area contributed by atoms with Gasteiger partial charge >= 0.3 is 0 Å². The maximum atomic E-state index is 13.5. The molecule has 2 aliphatic heterocycles. The molecule has 35 heavy (non-hydrogen) atoms. The fraction of sp³-hybridized carbons (Fsp3) is 0.393. The molecule has 182 valence electrons. The van der Waals surface area contributed by atoms with Crippen LogP contribution in [-0.2, 0) is 4.79 Å². The van der Waals surface area contributed by atoms with Crippen molar-refractivity contribution in [2.45, 2.75) is 39.8 Å². The van der Waals surface area contributed by atoms with Crippen molar-refractivity contribution in [1.82, 2.24) is 14.5 Å². The molecule has 0 saturated carbocycles. The predicted octanol–water partition coefficient (Wildman–Crippen LogP) is 4.31. The summed E-state index contributed by atoms with van der Waals surface area (Å²) in [6.07, 6.45) is 1.83. The van der Waals surface area contributed by atoms with Crippen LogP contribution in [0.1, 0.15) is 36.8 Å². The van der Waals surface area contributed by atoms with Crippen LogP contribution in [0.15, 0.2) is 53.5 Å². The largest absolute Gasteiger partial charge is 0.368 e. The lowest BCUT2D eigenvalue weighted by atomic mass is 10.1. The molecule has 1 aromatic heterocycles. The number of para-hydroxylation sites is 1. The third-order valence-corrected chi connectivity index (χ3v) is 7.07. The first-order valence-corrected chi connectivity index (χ1v) is 12.5. The minimum Gasteiger partial charge on any atom is -0.368 e. The molecular formula is C28H34N6O. The second-order valence-electron chi connectivity index (χ2n) is 9.67. The number of aliphatic imine (C=N–C) groups is 1. The number of anilines is 2. The summed E-state index contributed by atoms with van der Waals surface area (Å²) in [4.78, 5) is 27.2. The molecule has 3 heterocycles. The van der Waals surface area contributed by atoms with E-state index in [1.165, 1.54) is 16.8 Å². The zero-order valence-corrected chi connectivity index (χ0v) is 21.0. The Bertz CT molecular complexity index is 1220. The molecule has 5 rings (SSSR count). The smallest absolute Gasteiger partial charge is 0.244 e. The number of fused-ring (bicyclic) bond motifs is 1. The van der Waals surface area contributed by atoms with E-state index >= 15 is 0 Å². The summed E-state index contributed by atoms with van der Waals surface area (Å²) in [5, 5.41) is 3.54. The van der Waals surface area contributed by atoms with Crippen molar-refractivity contribution in [2.75, 3.05) is 42.9 Å². The highest BCUT2D eigenvalue weighted by Gasteiger charge is 2.29. The van der Waals surface area contributed by atoms with Gasteiger partial charge in [0.2, 0.25) is 5.91 Å². The quantitative estimate of drug-likeness (QED) is 0.604. The summed E-state index contributed by atoms with van der Waals surface area (Å²) in [5.74, 6) is 1.84. The van der Waals surface area contributed by atoms with Gasteiger partial charge in [-0.2, -0.15) is 0 Å². The lowest BCUT2D eigenvalue weighted by Crippen LogP contribution is -2.52. The summed E-state index contributed by atoms with van der Waals surface area (Å²) in [6.45, 7) is 12.2. The predicted molar refractivity (Wildman–Crippen MR) is 143 cm³/mol. The molecule has 7 nitrogen and oxygen atoms in total. The van der Waals surface area contributed by atoms with Gasteiger partial charge in [-0.05, 0) is 38.8 Å². The SMILES string of the molecule is Cc1cccc(C)c1N1CCN(C(=O)C(C)Nc2c(-c3ccccc3)nc3n2C(C)CN=C3)CC1. The Balaban J connectivity index is 1.33. The molecule has 1 N–H and O–H groups in total. The normalized spacial score (nSPS) is 18.3. The molecule has 0 spiro atoms. The highest BCUT2D eigenvalue weighted by Crippen LogP contribution is 2.33. The topological polar surface area (TPSA) is 65.8 Å². The zero-order chi connectivity index (χ0) is 24.5. The number of hydrogen-bond donors (Lipinski definition) is 1. The summed E-state index contributed by atoms with van der Waals surface area (Å²) >= 11 is 0. The van der Waals surface area contributed by atoms with Gasteiger partial charge in [-0.15, -0.1) is 0 Å². The van der Waals surface area contributed by atoms with E-state index in [9.17, 15) is 4.79 Å². The summed E-state index contributed by atoms with van der Waals surface area (Å²) in [6, 6.07) is 16.4. The summed E-state index contributed by atoms with van der Waals surface area (Å²) < 4.78 is 2.18. The van der Waals surface area contributed by atoms with Crippen LogP contribution in [0.2, 0.25) is 0 Å². The highest BCUT2D eigenvalue weighted by molar-refractivity contribution is 5.88. The van der Waals surface area contributed by atoms with Crippen LogP contribution >= 0.6 is 0 Å². The third kappa shape index (κ3) is 4.43. The average Bonchev–Trinajstić information content (AvgIpc) is 3.24. The van der Waals surface area contributed by atoms with Crippen molar-refractivity contribution < 1.29 is 4.79 Å². The molecule has 0 aliphatic carbocycles. The zero-order valence-electron chi connectivity index (χ0n) is 21.0. The molecule has 0 bridgehead atoms. The van der Waals surface area contributed by atoms with Gasteiger partial charge in [0, 0.05) is 37.4 Å². The highest BCUT2D eigenvalue weighted by atomic mass is 16.2. The maximum absolute atomic E-state index is 13.5. The van der Waals surface area contributed by atoms with Gasteiger partial charge in [0.15, 0.2) is 5.82 Å². The second-order valence-corrected chi connectivity index (χ2v) is 9.67. The van der Waals surface area contributed by atoms with Crippen LogP contribution in [0, 0.1) is 13.8 Å². The number of aryl methyl sites for hydroxylation is 2. The average molecular weight is 471 g/mol. The van der Waals surface area contributed by atoms with E-state index in [1.54, 1.807) is 0 Å². The van der Waals surface area contributed by atoms with E-state index in [-0.39, 0.29) is 18.0 Å². The van der Waals surface area contributed by atoms with Crippen LogP contribution < -0.4 is 10.2 Å². The van der Waals surface area contributed by atoms with Crippen molar-refractivity contribution in [3.05, 3.63) is 65.5 Å². The van der Waals surface area contributed by atoms with Gasteiger partial charge in [-0.25, -0.2) is 4.98 Å². The number of benzene rings is 2. The monoisotopic (exact) mass is 470 g/mol. The number of amides is 1. The number of aromatic nitrogens is 2. The molecular weight excluding hydrogens is 436 g/mol. The Morgan fingerprint density at radius 1 is 1.00 bits per heavy atom. The molecule has 1 saturated heterocycles. The lowest BCUT2D eigenvalue weighted by Gasteiger charge is -2.38. The van der Waals surface area contributed by atoms with Crippen molar-refractivity contribution in [3.8, 4) is 11.3 Å². The molecule has 0 radical (unpaired) electrons. The van der Waals surface area contributed by atoms with Crippen molar-refractivity contribution >= 4 is 23.6 Å². The number of carbonyl (C=O) groups excluding carboxylic acids is 1. The molecule has 2 atom stereocenters. The maximum Gasteiger partial charge on any atom is 0.244 e. The fourth-order valence-corrected chi connectivity index (χ4v) is 5.29. The molecule has 3 aromatic rings. The lowest BCUT2D eigenvalue weighted by molar-refractivity contribution is -0.131. The third-order valence-electron chi connectivity index (χ3n) is 7.07. The minimum atomic E-state index is -0.365. The number of rotatable bonds is 5. The summed E-state index contributed by atoms with van der Waals surface area (Å²) in [7, 11) is 0.